The number of rotatable bonds is 10. The first-order valence-electron chi connectivity index (χ1n) is 9.82. The predicted octanol–water partition coefficient (Wildman–Crippen LogP) is 2.40. The first-order valence-corrected chi connectivity index (χ1v) is 9.82. The molecule has 0 heterocycles. The van der Waals surface area contributed by atoms with Crippen LogP contribution in [0.1, 0.15) is 25.0 Å². The molecule has 0 radical (unpaired) electrons. The molecule has 0 unspecified atom stereocenters. The summed E-state index contributed by atoms with van der Waals surface area (Å²) in [5.41, 5.74) is 1.88. The fourth-order valence-corrected chi connectivity index (χ4v) is 3.08. The molecule has 0 aliphatic heterocycles. The van der Waals surface area contributed by atoms with Crippen LogP contribution in [-0.2, 0) is 22.6 Å². The Hall–Kier alpha value is -2.86. The lowest BCUT2D eigenvalue weighted by molar-refractivity contribution is -0.143. The molecule has 156 valence electrons. The third-order valence-corrected chi connectivity index (χ3v) is 4.65. The molecule has 6 heteroatoms. The number of aliphatic hydroxyl groups is 1. The maximum absolute atomic E-state index is 13.1. The van der Waals surface area contributed by atoms with E-state index < -0.39 is 6.04 Å². The average molecular weight is 399 g/mol. The van der Waals surface area contributed by atoms with Crippen molar-refractivity contribution in [3.63, 3.8) is 0 Å². The van der Waals surface area contributed by atoms with Crippen LogP contribution in [0, 0.1) is 5.92 Å². The SMILES string of the molecule is COc1ccc(CN(C(=O)C(C)C)[C@@H](Cc2ccccc2)C(=O)NCCO)cc1. The first kappa shape index (κ1) is 22.4. The number of nitrogens with zero attached hydrogens (tertiary/aromatic N) is 1. The fourth-order valence-electron chi connectivity index (χ4n) is 3.08. The van der Waals surface area contributed by atoms with E-state index in [-0.39, 0.29) is 30.9 Å². The van der Waals surface area contributed by atoms with Crippen LogP contribution in [0.3, 0.4) is 0 Å². The summed E-state index contributed by atoms with van der Waals surface area (Å²) in [6.07, 6.45) is 0.396. The molecule has 1 atom stereocenters. The van der Waals surface area contributed by atoms with E-state index in [9.17, 15) is 9.59 Å². The number of benzene rings is 2. The maximum atomic E-state index is 13.1. The van der Waals surface area contributed by atoms with Crippen LogP contribution in [-0.4, -0.2) is 48.1 Å². The van der Waals surface area contributed by atoms with Crippen molar-refractivity contribution in [3.05, 3.63) is 65.7 Å². The molecule has 0 aliphatic carbocycles. The zero-order valence-corrected chi connectivity index (χ0v) is 17.3. The molecule has 2 aromatic carbocycles. The quantitative estimate of drug-likeness (QED) is 0.644. The van der Waals surface area contributed by atoms with Crippen LogP contribution in [0.25, 0.3) is 0 Å². The van der Waals surface area contributed by atoms with Crippen LogP contribution in [0.5, 0.6) is 5.75 Å². The topological polar surface area (TPSA) is 78.9 Å². The van der Waals surface area contributed by atoms with E-state index in [1.54, 1.807) is 12.0 Å². The second-order valence-electron chi connectivity index (χ2n) is 7.19. The molecule has 0 saturated carbocycles. The summed E-state index contributed by atoms with van der Waals surface area (Å²) < 4.78 is 5.20. The Morgan fingerprint density at radius 3 is 2.24 bits per heavy atom. The number of carbonyl (C=O) groups excluding carboxylic acids is 2. The van der Waals surface area contributed by atoms with Gasteiger partial charge in [-0.25, -0.2) is 0 Å². The minimum Gasteiger partial charge on any atom is -0.497 e. The van der Waals surface area contributed by atoms with E-state index in [4.69, 9.17) is 9.84 Å². The zero-order valence-electron chi connectivity index (χ0n) is 17.3. The number of amides is 2. The van der Waals surface area contributed by atoms with Gasteiger partial charge in [-0.2, -0.15) is 0 Å². The molecule has 2 rings (SSSR count). The predicted molar refractivity (Wildman–Crippen MR) is 112 cm³/mol. The minimum absolute atomic E-state index is 0.0964. The molecule has 6 nitrogen and oxygen atoms in total. The third-order valence-electron chi connectivity index (χ3n) is 4.65. The minimum atomic E-state index is -0.680. The number of ether oxygens (including phenoxy) is 1. The second kappa shape index (κ2) is 11.2. The van der Waals surface area contributed by atoms with Gasteiger partial charge >= 0.3 is 0 Å². The Morgan fingerprint density at radius 1 is 1.03 bits per heavy atom. The number of nitrogens with one attached hydrogen (secondary N) is 1. The molecule has 0 spiro atoms. The lowest BCUT2D eigenvalue weighted by atomic mass is 10.0. The van der Waals surface area contributed by atoms with Crippen molar-refractivity contribution in [1.29, 1.82) is 0 Å². The molecule has 2 aromatic rings. The van der Waals surface area contributed by atoms with Crippen LogP contribution < -0.4 is 10.1 Å². The molecule has 0 aliphatic rings. The first-order chi connectivity index (χ1) is 14.0. The smallest absolute Gasteiger partial charge is 0.243 e. The van der Waals surface area contributed by atoms with Gasteiger partial charge < -0.3 is 20.1 Å². The summed E-state index contributed by atoms with van der Waals surface area (Å²) in [5, 5.41) is 11.8. The van der Waals surface area contributed by atoms with Crippen molar-refractivity contribution in [1.82, 2.24) is 10.2 Å². The largest absolute Gasteiger partial charge is 0.497 e. The fraction of sp³-hybridized carbons (Fsp3) is 0.391. The molecule has 2 N–H and O–H groups in total. The number of hydrogen-bond acceptors (Lipinski definition) is 4. The molecule has 0 aromatic heterocycles. The lowest BCUT2D eigenvalue weighted by Crippen LogP contribution is -2.52. The molecular weight excluding hydrogens is 368 g/mol. The van der Waals surface area contributed by atoms with Crippen molar-refractivity contribution in [2.75, 3.05) is 20.3 Å². The lowest BCUT2D eigenvalue weighted by Gasteiger charge is -2.32. The van der Waals surface area contributed by atoms with Gasteiger partial charge in [0.15, 0.2) is 0 Å². The summed E-state index contributed by atoms with van der Waals surface area (Å²) in [6, 6.07) is 16.4. The van der Waals surface area contributed by atoms with E-state index in [0.717, 1.165) is 16.9 Å². The molecule has 0 bridgehead atoms. The van der Waals surface area contributed by atoms with Crippen LogP contribution in [0.15, 0.2) is 54.6 Å². The van der Waals surface area contributed by atoms with Crippen molar-refractivity contribution in [2.45, 2.75) is 32.9 Å². The van der Waals surface area contributed by atoms with Crippen LogP contribution in [0.2, 0.25) is 0 Å². The van der Waals surface area contributed by atoms with Crippen molar-refractivity contribution in [3.8, 4) is 5.75 Å². The van der Waals surface area contributed by atoms with Crippen molar-refractivity contribution < 1.29 is 19.4 Å². The molecule has 2 amide bonds. The van der Waals surface area contributed by atoms with Gasteiger partial charge in [0.05, 0.1) is 13.7 Å². The van der Waals surface area contributed by atoms with E-state index in [1.165, 1.54) is 0 Å². The van der Waals surface area contributed by atoms with E-state index >= 15 is 0 Å². The average Bonchev–Trinajstić information content (AvgIpc) is 2.75. The number of hydrogen-bond donors (Lipinski definition) is 2. The van der Waals surface area contributed by atoms with E-state index in [0.29, 0.717) is 13.0 Å². The highest BCUT2D eigenvalue weighted by atomic mass is 16.5. The number of methoxy groups -OCH3 is 1. The highest BCUT2D eigenvalue weighted by Gasteiger charge is 2.31. The third kappa shape index (κ3) is 6.61. The van der Waals surface area contributed by atoms with Gasteiger partial charge in [-0.05, 0) is 23.3 Å². The summed E-state index contributed by atoms with van der Waals surface area (Å²) in [7, 11) is 1.60. The Morgan fingerprint density at radius 2 is 1.69 bits per heavy atom. The van der Waals surface area contributed by atoms with E-state index in [1.807, 2.05) is 68.4 Å². The summed E-state index contributed by atoms with van der Waals surface area (Å²) in [4.78, 5) is 27.6. The Bertz CT molecular complexity index is 775. The molecular formula is C23H30N2O4. The normalized spacial score (nSPS) is 11.8. The maximum Gasteiger partial charge on any atom is 0.243 e. The van der Waals surface area contributed by atoms with Gasteiger partial charge in [-0.1, -0.05) is 56.3 Å². The van der Waals surface area contributed by atoms with Crippen molar-refractivity contribution in [2.24, 2.45) is 5.92 Å². The van der Waals surface area contributed by atoms with Gasteiger partial charge in [-0.15, -0.1) is 0 Å². The molecule has 0 fully saturated rings. The van der Waals surface area contributed by atoms with Gasteiger partial charge in [0, 0.05) is 25.4 Å². The second-order valence-corrected chi connectivity index (χ2v) is 7.19. The molecule has 0 saturated heterocycles. The van der Waals surface area contributed by atoms with Gasteiger partial charge in [0.25, 0.3) is 0 Å². The molecule has 29 heavy (non-hydrogen) atoms. The van der Waals surface area contributed by atoms with Crippen LogP contribution in [0.4, 0.5) is 0 Å². The highest BCUT2D eigenvalue weighted by Crippen LogP contribution is 2.19. The summed E-state index contributed by atoms with van der Waals surface area (Å²) in [5.74, 6) is 0.112. The Kier molecular flexibility index (Phi) is 8.68. The number of carbonyl (C=O) groups is 2. The summed E-state index contributed by atoms with van der Waals surface area (Å²) in [6.45, 7) is 3.96. The van der Waals surface area contributed by atoms with Gasteiger partial charge in [-0.3, -0.25) is 9.59 Å². The Balaban J connectivity index is 2.35. The van der Waals surface area contributed by atoms with Gasteiger partial charge in [0.2, 0.25) is 11.8 Å². The van der Waals surface area contributed by atoms with Gasteiger partial charge in [0.1, 0.15) is 11.8 Å². The van der Waals surface area contributed by atoms with E-state index in [2.05, 4.69) is 5.32 Å². The zero-order chi connectivity index (χ0) is 21.2. The summed E-state index contributed by atoms with van der Waals surface area (Å²) >= 11 is 0. The highest BCUT2D eigenvalue weighted by molar-refractivity contribution is 5.88. The van der Waals surface area contributed by atoms with Crippen molar-refractivity contribution >= 4 is 11.8 Å². The Labute approximate surface area is 172 Å². The van der Waals surface area contributed by atoms with Crippen LogP contribution >= 0.6 is 0 Å². The number of aliphatic hydroxyl groups excluding tert-OH is 1. The monoisotopic (exact) mass is 398 g/mol. The standard InChI is InChI=1S/C23H30N2O4/c1-17(2)23(28)25(16-19-9-11-20(29-3)12-10-19)21(22(27)24-13-14-26)15-18-7-5-4-6-8-18/h4-12,17,21,26H,13-16H2,1-3H3,(H,24,27)/t21-/m0/s1.